The van der Waals surface area contributed by atoms with Gasteiger partial charge < -0.3 is 0 Å². The van der Waals surface area contributed by atoms with Crippen LogP contribution >= 0.6 is 11.6 Å². The Hall–Kier alpha value is -5.05. The highest BCUT2D eigenvalue weighted by molar-refractivity contribution is 6.37. The maximum absolute atomic E-state index is 7.06. The fourth-order valence-corrected chi connectivity index (χ4v) is 6.25. The quantitative estimate of drug-likeness (QED) is 0.207. The summed E-state index contributed by atoms with van der Waals surface area (Å²) in [7, 11) is 0. The van der Waals surface area contributed by atoms with Gasteiger partial charge in [-0.05, 0) is 68.4 Å². The van der Waals surface area contributed by atoms with E-state index in [0.29, 0.717) is 5.02 Å². The maximum atomic E-state index is 7.06. The van der Waals surface area contributed by atoms with Crippen LogP contribution in [-0.2, 0) is 0 Å². The van der Waals surface area contributed by atoms with Gasteiger partial charge in [0.15, 0.2) is 0 Å². The Morgan fingerprint density at radius 1 is 0.439 bits per heavy atom. The van der Waals surface area contributed by atoms with Crippen molar-refractivity contribution < 1.29 is 0 Å². The van der Waals surface area contributed by atoms with Crippen molar-refractivity contribution in [2.24, 2.45) is 0 Å². The lowest BCUT2D eigenvalue weighted by Gasteiger charge is -2.16. The Balaban J connectivity index is 1.35. The summed E-state index contributed by atoms with van der Waals surface area (Å²) in [5.41, 5.74) is 7.15. The maximum Gasteiger partial charge on any atom is 0.0803 e. The molecule has 0 bridgehead atoms. The molecule has 0 saturated carbocycles. The highest BCUT2D eigenvalue weighted by atomic mass is 35.5. The van der Waals surface area contributed by atoms with Crippen molar-refractivity contribution in [3.05, 3.63) is 145 Å². The van der Waals surface area contributed by atoms with Crippen LogP contribution in [0.4, 0.5) is 0 Å². The Morgan fingerprint density at radius 2 is 1.02 bits per heavy atom. The van der Waals surface area contributed by atoms with Gasteiger partial charge in [-0.1, -0.05) is 115 Å². The molecule has 2 nitrogen and oxygen atoms in total. The van der Waals surface area contributed by atoms with E-state index < -0.39 is 0 Å². The number of hydrogen-bond donors (Lipinski definition) is 0. The second-order valence-corrected chi connectivity index (χ2v) is 10.7. The van der Waals surface area contributed by atoms with Crippen LogP contribution in [-0.4, -0.2) is 9.97 Å². The van der Waals surface area contributed by atoms with Crippen molar-refractivity contribution in [2.75, 3.05) is 0 Å². The predicted octanol–water partition coefficient (Wildman–Crippen LogP) is 10.7. The molecule has 2 heterocycles. The molecule has 0 unspecified atom stereocenters. The normalized spacial score (nSPS) is 11.5. The van der Waals surface area contributed by atoms with Crippen LogP contribution < -0.4 is 0 Å². The number of halogens is 1. The number of hydrogen-bond acceptors (Lipinski definition) is 2. The van der Waals surface area contributed by atoms with Gasteiger partial charge in [0.25, 0.3) is 0 Å². The Morgan fingerprint density at radius 3 is 1.76 bits per heavy atom. The van der Waals surface area contributed by atoms with Gasteiger partial charge in [0.05, 0.1) is 21.9 Å². The fourth-order valence-electron chi connectivity index (χ4n) is 6.01. The van der Waals surface area contributed by atoms with E-state index in [1.54, 1.807) is 0 Å². The van der Waals surface area contributed by atoms with Crippen LogP contribution in [0.15, 0.2) is 140 Å². The van der Waals surface area contributed by atoms with E-state index in [1.807, 2.05) is 30.5 Å². The lowest BCUT2D eigenvalue weighted by Crippen LogP contribution is -1.92. The minimum atomic E-state index is 0.691. The molecule has 0 spiro atoms. The molecular weight excluding hydrogens is 520 g/mol. The first kappa shape index (κ1) is 23.8. The van der Waals surface area contributed by atoms with E-state index in [-0.39, 0.29) is 0 Å². The van der Waals surface area contributed by atoms with E-state index in [1.165, 1.54) is 27.1 Å². The molecule has 3 heteroatoms. The SMILES string of the molecule is Clc1cc(-c2ccc(-c3ccccn3)cc2)nc2c1cc(-c1cc3ccccc3c3ccccc13)c1ccccc12. The van der Waals surface area contributed by atoms with Crippen LogP contribution in [0.3, 0.4) is 0 Å². The summed E-state index contributed by atoms with van der Waals surface area (Å²) in [5.74, 6) is 0. The predicted molar refractivity (Wildman–Crippen MR) is 173 cm³/mol. The monoisotopic (exact) mass is 542 g/mol. The van der Waals surface area contributed by atoms with E-state index in [9.17, 15) is 0 Å². The molecule has 8 aromatic rings. The molecular formula is C38H23ClN2. The van der Waals surface area contributed by atoms with Crippen LogP contribution in [0, 0.1) is 0 Å². The Kier molecular flexibility index (Phi) is 5.54. The molecule has 41 heavy (non-hydrogen) atoms. The van der Waals surface area contributed by atoms with Gasteiger partial charge in [-0.3, -0.25) is 4.98 Å². The molecule has 0 N–H and O–H groups in total. The summed E-state index contributed by atoms with van der Waals surface area (Å²) in [4.78, 5) is 9.66. The zero-order valence-electron chi connectivity index (χ0n) is 22.1. The molecule has 0 aliphatic carbocycles. The van der Waals surface area contributed by atoms with E-state index in [2.05, 4.69) is 114 Å². The number of nitrogens with zero attached hydrogens (tertiary/aromatic N) is 2. The van der Waals surface area contributed by atoms with E-state index >= 15 is 0 Å². The summed E-state index contributed by atoms with van der Waals surface area (Å²) >= 11 is 7.06. The van der Waals surface area contributed by atoms with Crippen molar-refractivity contribution in [1.82, 2.24) is 9.97 Å². The van der Waals surface area contributed by atoms with Gasteiger partial charge >= 0.3 is 0 Å². The lowest BCUT2D eigenvalue weighted by atomic mass is 9.89. The first-order valence-electron chi connectivity index (χ1n) is 13.7. The largest absolute Gasteiger partial charge is 0.256 e. The number of aromatic nitrogens is 2. The third-order valence-corrected chi connectivity index (χ3v) is 8.28. The zero-order chi connectivity index (χ0) is 27.3. The molecule has 6 aromatic carbocycles. The number of rotatable bonds is 3. The highest BCUT2D eigenvalue weighted by Crippen LogP contribution is 2.42. The number of benzene rings is 6. The average Bonchev–Trinajstić information content (AvgIpc) is 3.04. The summed E-state index contributed by atoms with van der Waals surface area (Å²) < 4.78 is 0. The third kappa shape index (κ3) is 3.96. The molecule has 0 aliphatic rings. The molecule has 192 valence electrons. The van der Waals surface area contributed by atoms with Crippen molar-refractivity contribution in [1.29, 1.82) is 0 Å². The molecule has 0 atom stereocenters. The molecule has 0 radical (unpaired) electrons. The van der Waals surface area contributed by atoms with Gasteiger partial charge in [-0.15, -0.1) is 0 Å². The minimum absolute atomic E-state index is 0.691. The standard InChI is InChI=1S/C38H23ClN2/c39-35-23-37(25-18-16-24(17-19-25)36-15-7-8-20-40-36)41-38-31-14-6-5-13-30(31)33(22-34(35)38)32-21-26-9-1-2-10-27(26)28-11-3-4-12-29(28)32/h1-23H. The highest BCUT2D eigenvalue weighted by Gasteiger charge is 2.16. The van der Waals surface area contributed by atoms with Gasteiger partial charge in [0.2, 0.25) is 0 Å². The number of fused-ring (bicyclic) bond motifs is 6. The summed E-state index contributed by atoms with van der Waals surface area (Å²) in [6.45, 7) is 0. The van der Waals surface area contributed by atoms with Gasteiger partial charge in [0, 0.05) is 28.1 Å². The Bertz CT molecular complexity index is 2250. The molecule has 8 rings (SSSR count). The van der Waals surface area contributed by atoms with Crippen molar-refractivity contribution in [3.63, 3.8) is 0 Å². The smallest absolute Gasteiger partial charge is 0.0803 e. The van der Waals surface area contributed by atoms with Crippen LogP contribution in [0.1, 0.15) is 0 Å². The molecule has 0 saturated heterocycles. The lowest BCUT2D eigenvalue weighted by molar-refractivity contribution is 1.32. The first-order valence-corrected chi connectivity index (χ1v) is 14.1. The van der Waals surface area contributed by atoms with Gasteiger partial charge in [-0.2, -0.15) is 0 Å². The molecule has 0 aliphatic heterocycles. The van der Waals surface area contributed by atoms with Gasteiger partial charge in [-0.25, -0.2) is 4.98 Å². The van der Waals surface area contributed by atoms with Crippen molar-refractivity contribution in [2.45, 2.75) is 0 Å². The summed E-state index contributed by atoms with van der Waals surface area (Å²) in [6.07, 6.45) is 1.81. The average molecular weight is 543 g/mol. The minimum Gasteiger partial charge on any atom is -0.256 e. The summed E-state index contributed by atoms with van der Waals surface area (Å²) in [6, 6.07) is 46.6. The van der Waals surface area contributed by atoms with Crippen LogP contribution in [0.25, 0.3) is 76.9 Å². The Labute approximate surface area is 242 Å². The molecule has 0 fully saturated rings. The van der Waals surface area contributed by atoms with Gasteiger partial charge in [0.1, 0.15) is 0 Å². The number of pyridine rings is 2. The summed E-state index contributed by atoms with van der Waals surface area (Å²) in [5, 5.41) is 8.84. The van der Waals surface area contributed by atoms with Crippen molar-refractivity contribution in [3.8, 4) is 33.6 Å². The van der Waals surface area contributed by atoms with E-state index in [0.717, 1.165) is 49.8 Å². The third-order valence-electron chi connectivity index (χ3n) is 7.97. The fraction of sp³-hybridized carbons (Fsp3) is 0. The van der Waals surface area contributed by atoms with Crippen molar-refractivity contribution >= 4 is 54.8 Å². The topological polar surface area (TPSA) is 25.8 Å². The second-order valence-electron chi connectivity index (χ2n) is 10.3. The van der Waals surface area contributed by atoms with Crippen LogP contribution in [0.2, 0.25) is 5.02 Å². The first-order chi connectivity index (χ1) is 20.2. The zero-order valence-corrected chi connectivity index (χ0v) is 22.8. The molecule has 2 aromatic heterocycles. The van der Waals surface area contributed by atoms with Crippen LogP contribution in [0.5, 0.6) is 0 Å². The van der Waals surface area contributed by atoms with E-state index in [4.69, 9.17) is 16.6 Å². The second kappa shape index (κ2) is 9.55. The molecule has 0 amide bonds.